The molecule has 0 spiro atoms. The van der Waals surface area contributed by atoms with E-state index in [1.165, 1.54) is 11.3 Å². The van der Waals surface area contributed by atoms with Gasteiger partial charge in [0.25, 0.3) is 5.91 Å². The third kappa shape index (κ3) is 5.60. The number of thiazole rings is 1. The van der Waals surface area contributed by atoms with Crippen LogP contribution in [0.5, 0.6) is 0 Å². The molecule has 2 N–H and O–H groups in total. The van der Waals surface area contributed by atoms with Gasteiger partial charge < -0.3 is 10.6 Å². The van der Waals surface area contributed by atoms with Crippen molar-refractivity contribution in [3.8, 4) is 0 Å². The summed E-state index contributed by atoms with van der Waals surface area (Å²) in [6, 6.07) is 9.76. The first-order valence-corrected chi connectivity index (χ1v) is 11.7. The van der Waals surface area contributed by atoms with Crippen molar-refractivity contribution >= 4 is 28.8 Å². The van der Waals surface area contributed by atoms with Crippen molar-refractivity contribution in [2.45, 2.75) is 38.8 Å². The normalized spacial score (nSPS) is 16.6. The number of nitrogens with zero attached hydrogens (tertiary/aromatic N) is 4. The van der Waals surface area contributed by atoms with E-state index < -0.39 is 0 Å². The molecule has 1 aliphatic rings. The molecular formula is C23H28N6O2S. The molecule has 8 nitrogen and oxygen atoms in total. The van der Waals surface area contributed by atoms with Crippen molar-refractivity contribution in [3.05, 3.63) is 63.9 Å². The summed E-state index contributed by atoms with van der Waals surface area (Å²) in [5.74, 6) is -0.226. The largest absolute Gasteiger partial charge is 0.354 e. The van der Waals surface area contributed by atoms with Gasteiger partial charge in [0, 0.05) is 37.4 Å². The van der Waals surface area contributed by atoms with Crippen LogP contribution < -0.4 is 10.6 Å². The SMILES string of the molecule is CNC(=O)c1ccn(C2CCCN(Cc3csc(CC(=O)Nc4ccc(C)cc4)n3)C2)n1. The number of anilines is 1. The highest BCUT2D eigenvalue weighted by atomic mass is 32.1. The van der Waals surface area contributed by atoms with E-state index in [9.17, 15) is 9.59 Å². The highest BCUT2D eigenvalue weighted by molar-refractivity contribution is 7.09. The second kappa shape index (κ2) is 10.1. The highest BCUT2D eigenvalue weighted by Crippen LogP contribution is 2.23. The number of benzene rings is 1. The molecule has 32 heavy (non-hydrogen) atoms. The van der Waals surface area contributed by atoms with E-state index in [4.69, 9.17) is 0 Å². The van der Waals surface area contributed by atoms with E-state index in [0.29, 0.717) is 5.69 Å². The summed E-state index contributed by atoms with van der Waals surface area (Å²) in [6.45, 7) is 4.62. The van der Waals surface area contributed by atoms with Crippen LogP contribution in [-0.2, 0) is 17.8 Å². The molecule has 168 valence electrons. The zero-order valence-corrected chi connectivity index (χ0v) is 19.2. The van der Waals surface area contributed by atoms with Crippen molar-refractivity contribution < 1.29 is 9.59 Å². The van der Waals surface area contributed by atoms with E-state index in [0.717, 1.165) is 54.4 Å². The quantitative estimate of drug-likeness (QED) is 0.575. The summed E-state index contributed by atoms with van der Waals surface area (Å²) >= 11 is 1.53. The Hall–Kier alpha value is -3.04. The molecule has 2 aromatic heterocycles. The fraction of sp³-hybridized carbons (Fsp3) is 0.391. The number of aryl methyl sites for hydroxylation is 1. The molecule has 9 heteroatoms. The Balaban J connectivity index is 1.30. The zero-order chi connectivity index (χ0) is 22.5. The molecular weight excluding hydrogens is 424 g/mol. The van der Waals surface area contributed by atoms with Crippen LogP contribution >= 0.6 is 11.3 Å². The average molecular weight is 453 g/mol. The van der Waals surface area contributed by atoms with Gasteiger partial charge in [-0.25, -0.2) is 4.98 Å². The molecule has 2 amide bonds. The second-order valence-electron chi connectivity index (χ2n) is 8.11. The van der Waals surface area contributed by atoms with E-state index in [-0.39, 0.29) is 24.3 Å². The molecule has 0 saturated carbocycles. The summed E-state index contributed by atoms with van der Waals surface area (Å²) in [6.07, 6.45) is 4.26. The first kappa shape index (κ1) is 22.2. The maximum absolute atomic E-state index is 12.3. The monoisotopic (exact) mass is 452 g/mol. The summed E-state index contributed by atoms with van der Waals surface area (Å²) in [5.41, 5.74) is 3.39. The minimum absolute atomic E-state index is 0.0570. The number of carbonyl (C=O) groups excluding carboxylic acids is 2. The van der Waals surface area contributed by atoms with Crippen LogP contribution in [0.2, 0.25) is 0 Å². The van der Waals surface area contributed by atoms with Gasteiger partial charge in [0.15, 0.2) is 0 Å². The molecule has 1 aliphatic heterocycles. The Morgan fingerprint density at radius 3 is 2.81 bits per heavy atom. The minimum Gasteiger partial charge on any atom is -0.354 e. The Morgan fingerprint density at radius 1 is 1.22 bits per heavy atom. The summed E-state index contributed by atoms with van der Waals surface area (Å²) in [7, 11) is 1.61. The number of amides is 2. The lowest BCUT2D eigenvalue weighted by Crippen LogP contribution is -2.36. The Labute approximate surface area is 191 Å². The number of piperidine rings is 1. The van der Waals surface area contributed by atoms with Crippen molar-refractivity contribution in [2.75, 3.05) is 25.5 Å². The Bertz CT molecular complexity index is 1070. The summed E-state index contributed by atoms with van der Waals surface area (Å²) < 4.78 is 1.90. The van der Waals surface area contributed by atoms with Crippen LogP contribution in [0.15, 0.2) is 41.9 Å². The van der Waals surface area contributed by atoms with Crippen LogP contribution in [0.3, 0.4) is 0 Å². The van der Waals surface area contributed by atoms with Crippen molar-refractivity contribution in [1.29, 1.82) is 0 Å². The van der Waals surface area contributed by atoms with Crippen LogP contribution in [0.25, 0.3) is 0 Å². The summed E-state index contributed by atoms with van der Waals surface area (Å²) in [5, 5.41) is 12.8. The van der Waals surface area contributed by atoms with Crippen LogP contribution in [0.1, 0.15) is 45.6 Å². The molecule has 1 atom stereocenters. The number of nitrogens with one attached hydrogen (secondary N) is 2. The molecule has 1 unspecified atom stereocenters. The third-order valence-electron chi connectivity index (χ3n) is 5.55. The molecule has 1 aromatic carbocycles. The average Bonchev–Trinajstić information content (AvgIpc) is 3.45. The van der Waals surface area contributed by atoms with E-state index in [1.54, 1.807) is 13.1 Å². The Morgan fingerprint density at radius 2 is 2.03 bits per heavy atom. The van der Waals surface area contributed by atoms with Gasteiger partial charge in [-0.2, -0.15) is 5.10 Å². The predicted octanol–water partition coefficient (Wildman–Crippen LogP) is 3.03. The number of likely N-dealkylation sites (tertiary alicyclic amines) is 1. The van der Waals surface area contributed by atoms with E-state index in [2.05, 4.69) is 25.6 Å². The van der Waals surface area contributed by atoms with E-state index >= 15 is 0 Å². The standard InChI is InChI=1S/C23H28N6O2S/c1-16-5-7-17(8-6-16)25-21(30)12-22-26-18(15-32-22)13-28-10-3-4-19(14-28)29-11-9-20(27-29)23(31)24-2/h5-9,11,15,19H,3-4,10,12-14H2,1-2H3,(H,24,31)(H,25,30). The number of hydrogen-bond acceptors (Lipinski definition) is 6. The lowest BCUT2D eigenvalue weighted by atomic mass is 10.1. The first-order valence-electron chi connectivity index (χ1n) is 10.8. The zero-order valence-electron chi connectivity index (χ0n) is 18.4. The van der Waals surface area contributed by atoms with Gasteiger partial charge in [0.05, 0.1) is 18.2 Å². The van der Waals surface area contributed by atoms with Gasteiger partial charge in [0.1, 0.15) is 10.7 Å². The van der Waals surface area contributed by atoms with Gasteiger partial charge in [-0.1, -0.05) is 17.7 Å². The van der Waals surface area contributed by atoms with Crippen molar-refractivity contribution in [1.82, 2.24) is 25.0 Å². The number of carbonyl (C=O) groups is 2. The maximum atomic E-state index is 12.3. The fourth-order valence-electron chi connectivity index (χ4n) is 3.89. The molecule has 1 fully saturated rings. The van der Waals surface area contributed by atoms with Gasteiger partial charge in [-0.05, 0) is 44.5 Å². The predicted molar refractivity (Wildman–Crippen MR) is 125 cm³/mol. The van der Waals surface area contributed by atoms with Gasteiger partial charge in [-0.15, -0.1) is 11.3 Å². The van der Waals surface area contributed by atoms with Crippen LogP contribution in [0, 0.1) is 6.92 Å². The molecule has 3 aromatic rings. The van der Waals surface area contributed by atoms with E-state index in [1.807, 2.05) is 47.4 Å². The van der Waals surface area contributed by atoms with Gasteiger partial charge >= 0.3 is 0 Å². The fourth-order valence-corrected chi connectivity index (χ4v) is 4.68. The lowest BCUT2D eigenvalue weighted by molar-refractivity contribution is -0.115. The third-order valence-corrected chi connectivity index (χ3v) is 6.45. The Kier molecular flexibility index (Phi) is 6.96. The number of hydrogen-bond donors (Lipinski definition) is 2. The topological polar surface area (TPSA) is 92.2 Å². The minimum atomic E-state index is -0.169. The first-order chi connectivity index (χ1) is 15.5. The molecule has 0 radical (unpaired) electrons. The molecule has 3 heterocycles. The molecule has 4 rings (SSSR count). The highest BCUT2D eigenvalue weighted by Gasteiger charge is 2.23. The number of aromatic nitrogens is 3. The van der Waals surface area contributed by atoms with Gasteiger partial charge in [0.2, 0.25) is 5.91 Å². The van der Waals surface area contributed by atoms with Gasteiger partial charge in [-0.3, -0.25) is 19.2 Å². The molecule has 0 aliphatic carbocycles. The van der Waals surface area contributed by atoms with Crippen LogP contribution in [0.4, 0.5) is 5.69 Å². The second-order valence-corrected chi connectivity index (χ2v) is 9.06. The molecule has 1 saturated heterocycles. The smallest absolute Gasteiger partial charge is 0.271 e. The maximum Gasteiger partial charge on any atom is 0.271 e. The van der Waals surface area contributed by atoms with Crippen LogP contribution in [-0.4, -0.2) is 51.6 Å². The lowest BCUT2D eigenvalue weighted by Gasteiger charge is -2.32. The number of rotatable bonds is 7. The summed E-state index contributed by atoms with van der Waals surface area (Å²) in [4.78, 5) is 31.2. The van der Waals surface area contributed by atoms with Crippen molar-refractivity contribution in [2.24, 2.45) is 0 Å². The molecule has 0 bridgehead atoms. The van der Waals surface area contributed by atoms with Crippen molar-refractivity contribution in [3.63, 3.8) is 0 Å².